The number of Topliss-reactive ketones (excluding diaryl/α,β-unsaturated/α-hetero) is 1. The van der Waals surface area contributed by atoms with Crippen LogP contribution in [-0.4, -0.2) is 30.3 Å². The third-order valence-corrected chi connectivity index (χ3v) is 4.22. The Morgan fingerprint density at radius 1 is 1.18 bits per heavy atom. The van der Waals surface area contributed by atoms with Gasteiger partial charge in [0, 0.05) is 6.42 Å². The Kier molecular flexibility index (Phi) is 5.38. The van der Waals surface area contributed by atoms with Crippen LogP contribution in [0.3, 0.4) is 0 Å². The van der Waals surface area contributed by atoms with Gasteiger partial charge in [0.2, 0.25) is 0 Å². The molecule has 0 bridgehead atoms. The molecular formula is C15H27NO. The molecule has 0 heterocycles. The summed E-state index contributed by atoms with van der Waals surface area (Å²) in [5.74, 6) is 0.385. The molecule has 0 aromatic heterocycles. The molecule has 98 valence electrons. The second kappa shape index (κ2) is 6.34. The summed E-state index contributed by atoms with van der Waals surface area (Å²) in [4.78, 5) is 14.7. The van der Waals surface area contributed by atoms with E-state index < -0.39 is 0 Å². The SMILES string of the molecule is C=C(CC)CC(=O)C1(N(C)C)CCCCCC1. The van der Waals surface area contributed by atoms with Crippen LogP contribution < -0.4 is 0 Å². The van der Waals surface area contributed by atoms with E-state index in [0.717, 1.165) is 24.8 Å². The lowest BCUT2D eigenvalue weighted by Crippen LogP contribution is -2.50. The van der Waals surface area contributed by atoms with Crippen LogP contribution in [-0.2, 0) is 4.79 Å². The van der Waals surface area contributed by atoms with Crippen LogP contribution in [0.15, 0.2) is 12.2 Å². The predicted molar refractivity (Wildman–Crippen MR) is 73.2 cm³/mol. The van der Waals surface area contributed by atoms with Gasteiger partial charge in [0.15, 0.2) is 5.78 Å². The van der Waals surface area contributed by atoms with Gasteiger partial charge in [0.25, 0.3) is 0 Å². The number of carbonyl (C=O) groups excluding carboxylic acids is 1. The quantitative estimate of drug-likeness (QED) is 0.538. The summed E-state index contributed by atoms with van der Waals surface area (Å²) in [6, 6.07) is 0. The third-order valence-electron chi connectivity index (χ3n) is 4.22. The molecule has 1 aliphatic rings. The van der Waals surface area contributed by atoms with Crippen molar-refractivity contribution in [2.45, 2.75) is 63.8 Å². The third kappa shape index (κ3) is 3.41. The largest absolute Gasteiger partial charge is 0.297 e. The average molecular weight is 237 g/mol. The highest BCUT2D eigenvalue weighted by molar-refractivity contribution is 5.90. The Morgan fingerprint density at radius 2 is 1.71 bits per heavy atom. The van der Waals surface area contributed by atoms with E-state index in [4.69, 9.17) is 0 Å². The van der Waals surface area contributed by atoms with Crippen molar-refractivity contribution in [1.29, 1.82) is 0 Å². The lowest BCUT2D eigenvalue weighted by atomic mass is 9.81. The summed E-state index contributed by atoms with van der Waals surface area (Å²) in [7, 11) is 4.11. The molecule has 0 radical (unpaired) electrons. The van der Waals surface area contributed by atoms with Gasteiger partial charge >= 0.3 is 0 Å². The summed E-state index contributed by atoms with van der Waals surface area (Å²) >= 11 is 0. The zero-order chi connectivity index (χ0) is 12.9. The van der Waals surface area contributed by atoms with Gasteiger partial charge in [-0.2, -0.15) is 0 Å². The van der Waals surface area contributed by atoms with Gasteiger partial charge in [-0.05, 0) is 33.4 Å². The fraction of sp³-hybridized carbons (Fsp3) is 0.800. The molecule has 1 saturated carbocycles. The number of nitrogens with zero attached hydrogens (tertiary/aromatic N) is 1. The number of carbonyl (C=O) groups is 1. The lowest BCUT2D eigenvalue weighted by Gasteiger charge is -2.38. The maximum atomic E-state index is 12.6. The fourth-order valence-corrected chi connectivity index (χ4v) is 2.81. The van der Waals surface area contributed by atoms with Gasteiger partial charge < -0.3 is 0 Å². The number of rotatable bonds is 5. The minimum absolute atomic E-state index is 0.214. The summed E-state index contributed by atoms with van der Waals surface area (Å²) in [6.07, 6.45) is 8.44. The normalized spacial score (nSPS) is 20.0. The molecule has 0 unspecified atom stereocenters. The van der Waals surface area contributed by atoms with Crippen molar-refractivity contribution in [2.75, 3.05) is 14.1 Å². The number of hydrogen-bond donors (Lipinski definition) is 0. The second-order valence-corrected chi connectivity index (χ2v) is 5.54. The summed E-state index contributed by atoms with van der Waals surface area (Å²) in [5, 5.41) is 0. The predicted octanol–water partition coefficient (Wildman–Crippen LogP) is 3.57. The van der Waals surface area contributed by atoms with Gasteiger partial charge in [0.05, 0.1) is 5.54 Å². The maximum Gasteiger partial charge on any atom is 0.157 e. The first-order chi connectivity index (χ1) is 8.03. The van der Waals surface area contributed by atoms with Crippen molar-refractivity contribution < 1.29 is 4.79 Å². The molecule has 0 spiro atoms. The topological polar surface area (TPSA) is 20.3 Å². The van der Waals surface area contributed by atoms with Crippen LogP contribution in [0, 0.1) is 0 Å². The molecule has 1 rings (SSSR count). The first-order valence-corrected chi connectivity index (χ1v) is 6.90. The summed E-state index contributed by atoms with van der Waals surface area (Å²) in [6.45, 7) is 6.06. The molecule has 2 heteroatoms. The molecule has 1 aliphatic carbocycles. The van der Waals surface area contributed by atoms with Crippen LogP contribution in [0.1, 0.15) is 58.3 Å². The second-order valence-electron chi connectivity index (χ2n) is 5.54. The van der Waals surface area contributed by atoms with E-state index in [2.05, 4.69) is 32.5 Å². The molecule has 0 aliphatic heterocycles. The molecule has 0 atom stereocenters. The summed E-state index contributed by atoms with van der Waals surface area (Å²) < 4.78 is 0. The highest BCUT2D eigenvalue weighted by Crippen LogP contribution is 2.33. The van der Waals surface area contributed by atoms with E-state index in [1.54, 1.807) is 0 Å². The van der Waals surface area contributed by atoms with Crippen LogP contribution in [0.2, 0.25) is 0 Å². The number of hydrogen-bond acceptors (Lipinski definition) is 2. The van der Waals surface area contributed by atoms with Gasteiger partial charge in [0.1, 0.15) is 0 Å². The van der Waals surface area contributed by atoms with Crippen LogP contribution in [0.5, 0.6) is 0 Å². The maximum absolute atomic E-state index is 12.6. The number of likely N-dealkylation sites (N-methyl/N-ethyl adjacent to an activating group) is 1. The molecule has 0 amide bonds. The first-order valence-electron chi connectivity index (χ1n) is 6.90. The van der Waals surface area contributed by atoms with Crippen LogP contribution in [0.4, 0.5) is 0 Å². The number of ketones is 1. The van der Waals surface area contributed by atoms with Gasteiger partial charge in [-0.1, -0.05) is 44.8 Å². The lowest BCUT2D eigenvalue weighted by molar-refractivity contribution is -0.130. The van der Waals surface area contributed by atoms with Crippen molar-refractivity contribution >= 4 is 5.78 Å². The molecule has 0 saturated heterocycles. The molecule has 17 heavy (non-hydrogen) atoms. The van der Waals surface area contributed by atoms with Gasteiger partial charge in [-0.3, -0.25) is 9.69 Å². The van der Waals surface area contributed by atoms with Crippen molar-refractivity contribution in [1.82, 2.24) is 4.90 Å². The highest BCUT2D eigenvalue weighted by atomic mass is 16.1. The van der Waals surface area contributed by atoms with E-state index in [9.17, 15) is 4.79 Å². The van der Waals surface area contributed by atoms with Crippen LogP contribution >= 0.6 is 0 Å². The highest BCUT2D eigenvalue weighted by Gasteiger charge is 2.39. The zero-order valence-corrected chi connectivity index (χ0v) is 11.7. The van der Waals surface area contributed by atoms with Gasteiger partial charge in [-0.25, -0.2) is 0 Å². The monoisotopic (exact) mass is 237 g/mol. The zero-order valence-electron chi connectivity index (χ0n) is 11.7. The smallest absolute Gasteiger partial charge is 0.157 e. The Bertz CT molecular complexity index is 273. The Balaban J connectivity index is 2.82. The van der Waals surface area contributed by atoms with E-state index in [1.807, 2.05) is 0 Å². The molecule has 0 N–H and O–H groups in total. The number of allylic oxidation sites excluding steroid dienone is 1. The van der Waals surface area contributed by atoms with Crippen molar-refractivity contribution in [2.24, 2.45) is 0 Å². The van der Waals surface area contributed by atoms with Crippen molar-refractivity contribution in [3.8, 4) is 0 Å². The molecular weight excluding hydrogens is 210 g/mol. The van der Waals surface area contributed by atoms with Crippen LogP contribution in [0.25, 0.3) is 0 Å². The average Bonchev–Trinajstić information content (AvgIpc) is 2.54. The van der Waals surface area contributed by atoms with E-state index in [0.29, 0.717) is 12.2 Å². The Hall–Kier alpha value is -0.630. The molecule has 0 aromatic rings. The fourth-order valence-electron chi connectivity index (χ4n) is 2.81. The van der Waals surface area contributed by atoms with Crippen molar-refractivity contribution in [3.63, 3.8) is 0 Å². The Morgan fingerprint density at radius 3 is 2.12 bits per heavy atom. The standard InChI is InChI=1S/C15H27NO/c1-5-13(2)12-14(17)15(16(3)4)10-8-6-7-9-11-15/h2,5-12H2,1,3-4H3. The van der Waals surface area contributed by atoms with E-state index >= 15 is 0 Å². The van der Waals surface area contributed by atoms with E-state index in [1.165, 1.54) is 25.7 Å². The molecule has 2 nitrogen and oxygen atoms in total. The summed E-state index contributed by atoms with van der Waals surface area (Å²) in [5.41, 5.74) is 0.856. The minimum Gasteiger partial charge on any atom is -0.297 e. The first kappa shape index (κ1) is 14.4. The molecule has 0 aromatic carbocycles. The van der Waals surface area contributed by atoms with E-state index in [-0.39, 0.29) is 5.54 Å². The van der Waals surface area contributed by atoms with Crippen molar-refractivity contribution in [3.05, 3.63) is 12.2 Å². The Labute approximate surface area is 106 Å². The van der Waals surface area contributed by atoms with Gasteiger partial charge in [-0.15, -0.1) is 0 Å². The minimum atomic E-state index is -0.214. The molecule has 1 fully saturated rings.